The van der Waals surface area contributed by atoms with Crippen molar-refractivity contribution in [3.8, 4) is 0 Å². The Balaban J connectivity index is 2.06. The summed E-state index contributed by atoms with van der Waals surface area (Å²) in [6, 6.07) is 5.56. The zero-order valence-corrected chi connectivity index (χ0v) is 16.4. The summed E-state index contributed by atoms with van der Waals surface area (Å²) in [5, 5.41) is 9.30. The largest absolute Gasteiger partial charge is 0.332 e. The number of benzene rings is 1. The fraction of sp³-hybridized carbons (Fsp3) is 0.412. The van der Waals surface area contributed by atoms with Gasteiger partial charge in [-0.15, -0.1) is 0 Å². The first kappa shape index (κ1) is 19.3. The van der Waals surface area contributed by atoms with Crippen molar-refractivity contribution in [1.29, 1.82) is 0 Å². The molecule has 2 aromatic rings. The third kappa shape index (κ3) is 5.47. The van der Waals surface area contributed by atoms with Crippen LogP contribution in [0.15, 0.2) is 18.2 Å². The van der Waals surface area contributed by atoms with Gasteiger partial charge in [0.15, 0.2) is 10.2 Å². The fourth-order valence-electron chi connectivity index (χ4n) is 1.92. The molecule has 0 saturated carbocycles. The van der Waals surface area contributed by atoms with Crippen LogP contribution in [0, 0.1) is 5.41 Å². The van der Waals surface area contributed by atoms with Gasteiger partial charge in [0, 0.05) is 17.5 Å². The number of fused-ring (bicyclic) bond motifs is 1. The third-order valence-corrected chi connectivity index (χ3v) is 4.42. The van der Waals surface area contributed by atoms with E-state index in [0.29, 0.717) is 11.6 Å². The molecule has 0 fully saturated rings. The zero-order valence-electron chi connectivity index (χ0n) is 14.7. The molecule has 0 saturated heterocycles. The van der Waals surface area contributed by atoms with Gasteiger partial charge in [-0.2, -0.15) is 0 Å². The monoisotopic (exact) mass is 378 g/mol. The van der Waals surface area contributed by atoms with E-state index in [1.165, 1.54) is 11.3 Å². The Morgan fingerprint density at radius 1 is 1.24 bits per heavy atom. The van der Waals surface area contributed by atoms with E-state index in [2.05, 4.69) is 20.9 Å². The molecule has 0 aliphatic heterocycles. The smallest absolute Gasteiger partial charge is 0.231 e. The lowest BCUT2D eigenvalue weighted by molar-refractivity contribution is -0.126. The molecule has 0 spiro atoms. The van der Waals surface area contributed by atoms with Crippen LogP contribution in [0.3, 0.4) is 0 Å². The van der Waals surface area contributed by atoms with Crippen LogP contribution in [0.1, 0.15) is 40.5 Å². The quantitative estimate of drug-likeness (QED) is 0.703. The van der Waals surface area contributed by atoms with Gasteiger partial charge >= 0.3 is 0 Å². The number of thiocarbonyl (C=S) groups is 1. The van der Waals surface area contributed by atoms with Crippen molar-refractivity contribution in [2.24, 2.45) is 5.41 Å². The minimum atomic E-state index is -0.515. The lowest BCUT2D eigenvalue weighted by Gasteiger charge is -2.18. The Bertz CT molecular complexity index is 809. The Labute approximate surface area is 156 Å². The van der Waals surface area contributed by atoms with Gasteiger partial charge in [-0.25, -0.2) is 4.98 Å². The van der Waals surface area contributed by atoms with Crippen molar-refractivity contribution >= 4 is 61.5 Å². The normalized spacial score (nSPS) is 11.2. The first-order valence-electron chi connectivity index (χ1n) is 8.02. The predicted octanol–water partition coefficient (Wildman–Crippen LogP) is 3.89. The molecule has 0 aliphatic carbocycles. The van der Waals surface area contributed by atoms with Gasteiger partial charge in [-0.05, 0) is 36.8 Å². The van der Waals surface area contributed by atoms with Gasteiger partial charge in [-0.1, -0.05) is 39.0 Å². The topological polar surface area (TPSA) is 83.1 Å². The maximum atomic E-state index is 12.0. The molecule has 1 aromatic heterocycles. The van der Waals surface area contributed by atoms with Gasteiger partial charge < -0.3 is 16.0 Å². The van der Waals surface area contributed by atoms with Crippen LogP contribution >= 0.6 is 23.6 Å². The Kier molecular flexibility index (Phi) is 6.07. The lowest BCUT2D eigenvalue weighted by atomic mass is 9.96. The zero-order chi connectivity index (χ0) is 18.6. The standard InChI is InChI=1S/C17H22N4O2S2/c1-5-6-13(22)20-16-19-11-8-7-10(9-12(11)25-16)18-15(24)21-14(23)17(2,3)4/h7-9H,5-6H2,1-4H3,(H,19,20,22)(H2,18,21,23,24). The highest BCUT2D eigenvalue weighted by atomic mass is 32.1. The molecule has 0 radical (unpaired) electrons. The number of hydrogen-bond acceptors (Lipinski definition) is 5. The van der Waals surface area contributed by atoms with Crippen LogP contribution in [-0.2, 0) is 9.59 Å². The number of aromatic nitrogens is 1. The molecular weight excluding hydrogens is 356 g/mol. The van der Waals surface area contributed by atoms with Crippen LogP contribution < -0.4 is 16.0 Å². The summed E-state index contributed by atoms with van der Waals surface area (Å²) >= 11 is 6.58. The number of amides is 2. The second kappa shape index (κ2) is 7.88. The van der Waals surface area contributed by atoms with Crippen LogP contribution in [0.4, 0.5) is 10.8 Å². The molecule has 2 amide bonds. The maximum Gasteiger partial charge on any atom is 0.231 e. The summed E-state index contributed by atoms with van der Waals surface area (Å²) in [7, 11) is 0. The van der Waals surface area contributed by atoms with E-state index in [4.69, 9.17) is 12.2 Å². The van der Waals surface area contributed by atoms with Crippen LogP contribution in [0.2, 0.25) is 0 Å². The number of anilines is 2. The number of nitrogens with zero attached hydrogens (tertiary/aromatic N) is 1. The van der Waals surface area contributed by atoms with Crippen molar-refractivity contribution < 1.29 is 9.59 Å². The van der Waals surface area contributed by atoms with Crippen LogP contribution in [-0.4, -0.2) is 21.9 Å². The average Bonchev–Trinajstić information content (AvgIpc) is 2.87. The number of rotatable bonds is 4. The molecule has 8 heteroatoms. The first-order valence-corrected chi connectivity index (χ1v) is 9.24. The van der Waals surface area contributed by atoms with Crippen LogP contribution in [0.5, 0.6) is 0 Å². The Hall–Kier alpha value is -2.06. The number of thiazole rings is 1. The minimum Gasteiger partial charge on any atom is -0.332 e. The van der Waals surface area contributed by atoms with E-state index < -0.39 is 5.41 Å². The van der Waals surface area contributed by atoms with Gasteiger partial charge in [0.1, 0.15) is 0 Å². The van der Waals surface area contributed by atoms with E-state index >= 15 is 0 Å². The summed E-state index contributed by atoms with van der Waals surface area (Å²) in [6.45, 7) is 7.42. The lowest BCUT2D eigenvalue weighted by Crippen LogP contribution is -2.41. The molecule has 0 aliphatic rings. The van der Waals surface area contributed by atoms with Gasteiger partial charge in [0.05, 0.1) is 10.2 Å². The molecule has 2 rings (SSSR count). The second-order valence-electron chi connectivity index (χ2n) is 6.66. The maximum absolute atomic E-state index is 12.0. The summed E-state index contributed by atoms with van der Waals surface area (Å²) in [4.78, 5) is 28.0. The number of carbonyl (C=O) groups excluding carboxylic acids is 2. The molecule has 134 valence electrons. The molecule has 0 atom stereocenters. The third-order valence-electron chi connectivity index (χ3n) is 3.28. The number of carbonyl (C=O) groups is 2. The van der Waals surface area contributed by atoms with Crippen LogP contribution in [0.25, 0.3) is 10.2 Å². The van der Waals surface area contributed by atoms with E-state index in [1.54, 1.807) is 0 Å². The SMILES string of the molecule is CCCC(=O)Nc1nc2ccc(NC(=S)NC(=O)C(C)(C)C)cc2s1. The molecular formula is C17H22N4O2S2. The first-order chi connectivity index (χ1) is 11.7. The minimum absolute atomic E-state index is 0.0361. The molecule has 0 bridgehead atoms. The highest BCUT2D eigenvalue weighted by Gasteiger charge is 2.22. The molecule has 3 N–H and O–H groups in total. The molecule has 1 heterocycles. The molecule has 25 heavy (non-hydrogen) atoms. The summed E-state index contributed by atoms with van der Waals surface area (Å²) in [5.41, 5.74) is 1.03. The molecule has 1 aromatic carbocycles. The summed E-state index contributed by atoms with van der Waals surface area (Å²) < 4.78 is 0.918. The average molecular weight is 379 g/mol. The van der Waals surface area contributed by atoms with Gasteiger partial charge in [-0.3, -0.25) is 9.59 Å². The molecule has 0 unspecified atom stereocenters. The molecule has 6 nitrogen and oxygen atoms in total. The van der Waals surface area contributed by atoms with Crippen molar-refractivity contribution in [2.45, 2.75) is 40.5 Å². The van der Waals surface area contributed by atoms with E-state index in [-0.39, 0.29) is 16.9 Å². The second-order valence-corrected chi connectivity index (χ2v) is 8.10. The predicted molar refractivity (Wildman–Crippen MR) is 107 cm³/mol. The highest BCUT2D eigenvalue weighted by Crippen LogP contribution is 2.28. The van der Waals surface area contributed by atoms with Gasteiger partial charge in [0.2, 0.25) is 11.8 Å². The summed E-state index contributed by atoms with van der Waals surface area (Å²) in [6.07, 6.45) is 1.27. The van der Waals surface area contributed by atoms with E-state index in [9.17, 15) is 9.59 Å². The fourth-order valence-corrected chi connectivity index (χ4v) is 3.05. The summed E-state index contributed by atoms with van der Waals surface area (Å²) in [5.74, 6) is -0.184. The Morgan fingerprint density at radius 3 is 2.60 bits per heavy atom. The van der Waals surface area contributed by atoms with E-state index in [1.807, 2.05) is 45.9 Å². The Morgan fingerprint density at radius 2 is 1.96 bits per heavy atom. The van der Waals surface area contributed by atoms with Crippen molar-refractivity contribution in [3.05, 3.63) is 18.2 Å². The number of nitrogens with one attached hydrogen (secondary N) is 3. The van der Waals surface area contributed by atoms with Gasteiger partial charge in [0.25, 0.3) is 0 Å². The number of hydrogen-bond donors (Lipinski definition) is 3. The van der Waals surface area contributed by atoms with Crippen molar-refractivity contribution in [1.82, 2.24) is 10.3 Å². The van der Waals surface area contributed by atoms with Crippen molar-refractivity contribution in [2.75, 3.05) is 10.6 Å². The highest BCUT2D eigenvalue weighted by molar-refractivity contribution is 7.80. The van der Waals surface area contributed by atoms with Crippen molar-refractivity contribution in [3.63, 3.8) is 0 Å². The van der Waals surface area contributed by atoms with E-state index in [0.717, 1.165) is 22.3 Å².